The molecule has 1 heterocycles. The zero-order valence-electron chi connectivity index (χ0n) is 9.57. The Kier molecular flexibility index (Phi) is 3.51. The van der Waals surface area contributed by atoms with Crippen LogP contribution in [-0.2, 0) is 0 Å². The van der Waals surface area contributed by atoms with E-state index in [4.69, 9.17) is 4.74 Å². The van der Waals surface area contributed by atoms with Crippen LogP contribution in [0.1, 0.15) is 6.92 Å². The molecule has 2 N–H and O–H groups in total. The van der Waals surface area contributed by atoms with Gasteiger partial charge < -0.3 is 20.1 Å². The van der Waals surface area contributed by atoms with Gasteiger partial charge in [-0.2, -0.15) is 0 Å². The predicted octanol–water partition coefficient (Wildman–Crippen LogP) is 1.20. The van der Waals surface area contributed by atoms with E-state index >= 15 is 0 Å². The lowest BCUT2D eigenvalue weighted by atomic mass is 10.2. The molecule has 1 aliphatic rings. The molecule has 0 spiro atoms. The summed E-state index contributed by atoms with van der Waals surface area (Å²) in [5.74, 6) is 0.824. The Labute approximate surface area is 95.8 Å². The summed E-state index contributed by atoms with van der Waals surface area (Å²) in [7, 11) is 0. The number of hydrogen-bond acceptors (Lipinski definition) is 4. The topological polar surface area (TPSA) is 44.7 Å². The molecule has 1 fully saturated rings. The van der Waals surface area contributed by atoms with Gasteiger partial charge in [-0.1, -0.05) is 6.07 Å². The summed E-state index contributed by atoms with van der Waals surface area (Å²) < 4.78 is 5.38. The molecule has 0 aliphatic carbocycles. The molecule has 0 bridgehead atoms. The Morgan fingerprint density at radius 2 is 2.12 bits per heavy atom. The summed E-state index contributed by atoms with van der Waals surface area (Å²) in [6.07, 6.45) is 0. The minimum atomic E-state index is 0.256. The molecule has 0 unspecified atom stereocenters. The Morgan fingerprint density at radius 3 is 2.81 bits per heavy atom. The molecule has 16 heavy (non-hydrogen) atoms. The summed E-state index contributed by atoms with van der Waals surface area (Å²) in [5, 5.41) is 13.4. The van der Waals surface area contributed by atoms with Crippen molar-refractivity contribution < 1.29 is 9.84 Å². The fraction of sp³-hybridized carbons (Fsp3) is 0.500. The van der Waals surface area contributed by atoms with E-state index in [-0.39, 0.29) is 5.75 Å². The fourth-order valence-corrected chi connectivity index (χ4v) is 1.94. The maximum atomic E-state index is 10.1. The zero-order valence-corrected chi connectivity index (χ0v) is 9.57. The number of hydrogen-bond donors (Lipinski definition) is 2. The van der Waals surface area contributed by atoms with Crippen LogP contribution in [-0.4, -0.2) is 37.9 Å². The molecular formula is C12H18N2O2. The third-order valence-corrected chi connectivity index (χ3v) is 2.74. The van der Waals surface area contributed by atoms with Crippen LogP contribution in [0.4, 0.5) is 5.69 Å². The van der Waals surface area contributed by atoms with Crippen LogP contribution in [0.15, 0.2) is 18.2 Å². The summed E-state index contributed by atoms with van der Waals surface area (Å²) in [5.41, 5.74) is 0.868. The number of anilines is 1. The van der Waals surface area contributed by atoms with Crippen molar-refractivity contribution in [2.45, 2.75) is 6.92 Å². The van der Waals surface area contributed by atoms with Crippen LogP contribution < -0.4 is 15.0 Å². The minimum absolute atomic E-state index is 0.256. The van der Waals surface area contributed by atoms with Crippen molar-refractivity contribution in [2.75, 3.05) is 37.7 Å². The number of aromatic hydroxyl groups is 1. The molecule has 1 aromatic rings. The average Bonchev–Trinajstić information content (AvgIpc) is 2.33. The predicted molar refractivity (Wildman–Crippen MR) is 64.4 cm³/mol. The van der Waals surface area contributed by atoms with E-state index in [0.29, 0.717) is 12.4 Å². The number of nitrogens with one attached hydrogen (secondary N) is 1. The number of para-hydroxylation sites is 1. The molecule has 0 atom stereocenters. The molecule has 1 aromatic carbocycles. The first kappa shape index (κ1) is 11.1. The molecular weight excluding hydrogens is 204 g/mol. The highest BCUT2D eigenvalue weighted by Crippen LogP contribution is 2.36. The van der Waals surface area contributed by atoms with Gasteiger partial charge in [0.2, 0.25) is 0 Å². The highest BCUT2D eigenvalue weighted by atomic mass is 16.5. The first-order valence-corrected chi connectivity index (χ1v) is 5.73. The van der Waals surface area contributed by atoms with Crippen molar-refractivity contribution in [1.29, 1.82) is 0 Å². The van der Waals surface area contributed by atoms with Crippen LogP contribution in [0.25, 0.3) is 0 Å². The summed E-state index contributed by atoms with van der Waals surface area (Å²) in [6, 6.07) is 5.65. The first-order chi connectivity index (χ1) is 7.83. The maximum absolute atomic E-state index is 10.1. The standard InChI is InChI=1S/C12H18N2O2/c1-2-16-11-5-3-4-10(12(11)15)14-8-6-13-7-9-14/h3-5,13,15H,2,6-9H2,1H3. The average molecular weight is 222 g/mol. The summed E-state index contributed by atoms with van der Waals surface area (Å²) >= 11 is 0. The zero-order chi connectivity index (χ0) is 11.4. The fourth-order valence-electron chi connectivity index (χ4n) is 1.94. The van der Waals surface area contributed by atoms with Gasteiger partial charge in [-0.05, 0) is 19.1 Å². The van der Waals surface area contributed by atoms with Crippen molar-refractivity contribution in [3.63, 3.8) is 0 Å². The number of phenolic OH excluding ortho intramolecular Hbond substituents is 1. The number of piperazine rings is 1. The number of rotatable bonds is 3. The first-order valence-electron chi connectivity index (χ1n) is 5.73. The lowest BCUT2D eigenvalue weighted by Crippen LogP contribution is -2.43. The van der Waals surface area contributed by atoms with Gasteiger partial charge >= 0.3 is 0 Å². The van der Waals surface area contributed by atoms with Crippen LogP contribution in [0.5, 0.6) is 11.5 Å². The third-order valence-electron chi connectivity index (χ3n) is 2.74. The van der Waals surface area contributed by atoms with Gasteiger partial charge in [0.05, 0.1) is 12.3 Å². The van der Waals surface area contributed by atoms with Gasteiger partial charge in [0.25, 0.3) is 0 Å². The van der Waals surface area contributed by atoms with E-state index in [1.54, 1.807) is 6.07 Å². The van der Waals surface area contributed by atoms with Crippen molar-refractivity contribution in [3.05, 3.63) is 18.2 Å². The molecule has 88 valence electrons. The molecule has 0 aromatic heterocycles. The molecule has 1 aliphatic heterocycles. The van der Waals surface area contributed by atoms with Crippen molar-refractivity contribution in [3.8, 4) is 11.5 Å². The number of ether oxygens (including phenoxy) is 1. The van der Waals surface area contributed by atoms with E-state index in [9.17, 15) is 5.11 Å². The van der Waals surface area contributed by atoms with Gasteiger partial charge in [0.15, 0.2) is 11.5 Å². The Bertz CT molecular complexity index is 349. The van der Waals surface area contributed by atoms with E-state index < -0.39 is 0 Å². The van der Waals surface area contributed by atoms with Crippen molar-refractivity contribution in [1.82, 2.24) is 5.32 Å². The third kappa shape index (κ3) is 2.22. The molecule has 1 saturated heterocycles. The highest BCUT2D eigenvalue weighted by Gasteiger charge is 2.16. The molecule has 0 radical (unpaired) electrons. The second-order valence-corrected chi connectivity index (χ2v) is 3.79. The van der Waals surface area contributed by atoms with Gasteiger partial charge in [0.1, 0.15) is 0 Å². The number of phenols is 1. The van der Waals surface area contributed by atoms with Gasteiger partial charge in [-0.25, -0.2) is 0 Å². The minimum Gasteiger partial charge on any atom is -0.503 e. The van der Waals surface area contributed by atoms with Crippen LogP contribution in [0.3, 0.4) is 0 Å². The molecule has 0 saturated carbocycles. The largest absolute Gasteiger partial charge is 0.503 e. The monoisotopic (exact) mass is 222 g/mol. The van der Waals surface area contributed by atoms with E-state index in [0.717, 1.165) is 31.9 Å². The van der Waals surface area contributed by atoms with Crippen LogP contribution in [0, 0.1) is 0 Å². The SMILES string of the molecule is CCOc1cccc(N2CCNCC2)c1O. The Balaban J connectivity index is 2.22. The van der Waals surface area contributed by atoms with Gasteiger partial charge in [-0.15, -0.1) is 0 Å². The smallest absolute Gasteiger partial charge is 0.181 e. The quantitative estimate of drug-likeness (QED) is 0.806. The van der Waals surface area contributed by atoms with Crippen LogP contribution >= 0.6 is 0 Å². The molecule has 4 heteroatoms. The van der Waals surface area contributed by atoms with Crippen molar-refractivity contribution in [2.24, 2.45) is 0 Å². The number of nitrogens with zero attached hydrogens (tertiary/aromatic N) is 1. The lowest BCUT2D eigenvalue weighted by Gasteiger charge is -2.30. The van der Waals surface area contributed by atoms with E-state index in [2.05, 4.69) is 10.2 Å². The number of benzene rings is 1. The highest BCUT2D eigenvalue weighted by molar-refractivity contribution is 5.64. The van der Waals surface area contributed by atoms with Gasteiger partial charge in [-0.3, -0.25) is 0 Å². The Morgan fingerprint density at radius 1 is 1.38 bits per heavy atom. The Hall–Kier alpha value is -1.42. The second kappa shape index (κ2) is 5.07. The van der Waals surface area contributed by atoms with Gasteiger partial charge in [0, 0.05) is 26.2 Å². The lowest BCUT2D eigenvalue weighted by molar-refractivity contribution is 0.318. The summed E-state index contributed by atoms with van der Waals surface area (Å²) in [6.45, 7) is 6.23. The van der Waals surface area contributed by atoms with E-state index in [1.165, 1.54) is 0 Å². The van der Waals surface area contributed by atoms with Crippen molar-refractivity contribution >= 4 is 5.69 Å². The van der Waals surface area contributed by atoms with E-state index in [1.807, 2.05) is 19.1 Å². The molecule has 0 amide bonds. The van der Waals surface area contributed by atoms with Crippen LogP contribution in [0.2, 0.25) is 0 Å². The molecule has 4 nitrogen and oxygen atoms in total. The second-order valence-electron chi connectivity index (χ2n) is 3.79. The normalized spacial score (nSPS) is 16.2. The maximum Gasteiger partial charge on any atom is 0.181 e. The molecule has 2 rings (SSSR count). The summed E-state index contributed by atoms with van der Waals surface area (Å²) in [4.78, 5) is 2.17.